The maximum atomic E-state index is 13.3. The number of carbonyl (C=O) groups is 6. The predicted octanol–water partition coefficient (Wildman–Crippen LogP) is 7.08. The van der Waals surface area contributed by atoms with Crippen molar-refractivity contribution in [3.8, 4) is 0 Å². The van der Waals surface area contributed by atoms with Gasteiger partial charge in [0.1, 0.15) is 18.2 Å². The molecule has 5 amide bonds. The number of imide groups is 2. The van der Waals surface area contributed by atoms with E-state index in [4.69, 9.17) is 23.4 Å². The van der Waals surface area contributed by atoms with Crippen LogP contribution in [0.5, 0.6) is 0 Å². The molecule has 8 atom stereocenters. The number of anilines is 1. The Balaban J connectivity index is 0.844. The van der Waals surface area contributed by atoms with Crippen molar-refractivity contribution in [2.45, 2.75) is 141 Å². The molecule has 2 aliphatic carbocycles. The minimum Gasteiger partial charge on any atom is -0.462 e. The average Bonchev–Trinajstić information content (AvgIpc) is 3.47. The van der Waals surface area contributed by atoms with E-state index in [1.165, 1.54) is 5.57 Å². The molecule has 0 bridgehead atoms. The van der Waals surface area contributed by atoms with Crippen LogP contribution >= 0.6 is 0 Å². The highest BCUT2D eigenvalue weighted by Gasteiger charge is 2.47. The molecule has 0 aromatic heterocycles. The molecule has 0 saturated carbocycles. The van der Waals surface area contributed by atoms with E-state index in [1.807, 2.05) is 0 Å². The number of nitrogens with one attached hydrogen (secondary N) is 3. The van der Waals surface area contributed by atoms with Gasteiger partial charge in [0, 0.05) is 64.0 Å². The largest absolute Gasteiger partial charge is 0.462 e. The van der Waals surface area contributed by atoms with Crippen LogP contribution < -0.4 is 16.0 Å². The summed E-state index contributed by atoms with van der Waals surface area (Å²) in [5.41, 5.74) is 2.20. The van der Waals surface area contributed by atoms with Crippen molar-refractivity contribution in [2.75, 3.05) is 44.8 Å². The molecule has 2 fully saturated rings. The number of nitrogens with zero attached hydrogens (tertiary/aromatic N) is 1. The first-order valence-electron chi connectivity index (χ1n) is 23.4. The van der Waals surface area contributed by atoms with E-state index in [0.717, 1.165) is 24.2 Å². The summed E-state index contributed by atoms with van der Waals surface area (Å²) in [6, 6.07) is 3.98. The molecule has 1 aromatic rings. The predicted molar refractivity (Wildman–Crippen MR) is 243 cm³/mol. The van der Waals surface area contributed by atoms with Crippen LogP contribution in [0, 0.1) is 23.7 Å². The zero-order valence-corrected chi connectivity index (χ0v) is 39.8. The third-order valence-electron chi connectivity index (χ3n) is 13.7. The number of ether oxygens (including phenoxy) is 4. The fraction of sp³-hybridized carbons (Fsp3) is 0.667. The van der Waals surface area contributed by atoms with E-state index < -0.39 is 44.1 Å². The zero-order chi connectivity index (χ0) is 46.2. The van der Waals surface area contributed by atoms with Gasteiger partial charge in [-0.1, -0.05) is 58.9 Å². The summed E-state index contributed by atoms with van der Waals surface area (Å²) >= 11 is 0. The lowest BCUT2D eigenvalue weighted by Crippen LogP contribution is -2.54. The highest BCUT2D eigenvalue weighted by Crippen LogP contribution is 2.46. The van der Waals surface area contributed by atoms with Gasteiger partial charge in [-0.3, -0.25) is 34.2 Å². The van der Waals surface area contributed by atoms with E-state index in [9.17, 15) is 28.8 Å². The van der Waals surface area contributed by atoms with Gasteiger partial charge >= 0.3 is 12.1 Å². The highest BCUT2D eigenvalue weighted by molar-refractivity contribution is 6.74. The SMILES string of the molecule is C[C@H]1C=C2C=C[C@H](C)[C@H](CC[C@@H]3C[C@@H](O[Si](C)(C)C(C)(C)C)CC(=O)O3)[C@H]2[C@@H](OC(=O)NCCCOCCCOCCCNc2cccc3c2C(=O)N(C2CCC(=O)NC2=O)C3=O)C1. The first-order valence-corrected chi connectivity index (χ1v) is 26.3. The minimum absolute atomic E-state index is 0.0584. The topological polar surface area (TPSA) is 188 Å². The Morgan fingerprint density at radius 3 is 2.38 bits per heavy atom. The Bertz CT molecular complexity index is 1950. The first-order chi connectivity index (χ1) is 30.4. The van der Waals surface area contributed by atoms with Crippen molar-refractivity contribution < 1.29 is 52.1 Å². The van der Waals surface area contributed by atoms with Crippen LogP contribution in [0.2, 0.25) is 18.1 Å². The van der Waals surface area contributed by atoms with Crippen molar-refractivity contribution in [1.82, 2.24) is 15.5 Å². The van der Waals surface area contributed by atoms with Gasteiger partial charge in [0.25, 0.3) is 11.8 Å². The summed E-state index contributed by atoms with van der Waals surface area (Å²) in [7, 11) is -2.03. The molecule has 15 nitrogen and oxygen atoms in total. The lowest BCUT2D eigenvalue weighted by Gasteiger charge is -2.44. The van der Waals surface area contributed by atoms with Crippen LogP contribution in [-0.2, 0) is 37.8 Å². The fourth-order valence-electron chi connectivity index (χ4n) is 9.37. The molecule has 2 saturated heterocycles. The summed E-state index contributed by atoms with van der Waals surface area (Å²) in [5, 5.41) is 8.43. The number of allylic oxidation sites excluding steroid dienone is 3. The molecule has 3 aliphatic heterocycles. The monoisotopic (exact) mass is 906 g/mol. The highest BCUT2D eigenvalue weighted by atomic mass is 28.4. The van der Waals surface area contributed by atoms with Gasteiger partial charge in [0.15, 0.2) is 8.32 Å². The average molecular weight is 907 g/mol. The van der Waals surface area contributed by atoms with Crippen LogP contribution in [0.4, 0.5) is 10.5 Å². The molecular formula is C48H70N4O11Si. The number of esters is 1. The van der Waals surface area contributed by atoms with Gasteiger partial charge in [-0.2, -0.15) is 0 Å². The van der Waals surface area contributed by atoms with E-state index in [1.54, 1.807) is 18.2 Å². The van der Waals surface area contributed by atoms with Crippen molar-refractivity contribution in [2.24, 2.45) is 23.7 Å². The quantitative estimate of drug-likeness (QED) is 0.0523. The third kappa shape index (κ3) is 12.3. The Morgan fingerprint density at radius 1 is 0.938 bits per heavy atom. The second kappa shape index (κ2) is 21.7. The Morgan fingerprint density at radius 2 is 1.66 bits per heavy atom. The number of amides is 5. The smallest absolute Gasteiger partial charge is 0.407 e. The van der Waals surface area contributed by atoms with Crippen LogP contribution in [0.1, 0.15) is 120 Å². The number of piperidine rings is 1. The Hall–Kier alpha value is -4.38. The normalized spacial score (nSPS) is 27.1. The molecule has 0 spiro atoms. The molecule has 5 aliphatic rings. The number of hydrogen-bond donors (Lipinski definition) is 3. The van der Waals surface area contributed by atoms with Crippen LogP contribution in [0.3, 0.4) is 0 Å². The number of hydrogen-bond acceptors (Lipinski definition) is 12. The lowest BCUT2D eigenvalue weighted by molar-refractivity contribution is -0.160. The van der Waals surface area contributed by atoms with Gasteiger partial charge in [0.2, 0.25) is 11.8 Å². The number of benzene rings is 1. The number of fused-ring (bicyclic) bond motifs is 2. The number of carbonyl (C=O) groups excluding carboxylic acids is 6. The molecule has 1 unspecified atom stereocenters. The Labute approximate surface area is 379 Å². The van der Waals surface area contributed by atoms with Gasteiger partial charge < -0.3 is 34.0 Å². The summed E-state index contributed by atoms with van der Waals surface area (Å²) in [4.78, 5) is 77.1. The van der Waals surface area contributed by atoms with E-state index in [0.29, 0.717) is 77.3 Å². The van der Waals surface area contributed by atoms with Crippen molar-refractivity contribution in [3.63, 3.8) is 0 Å². The van der Waals surface area contributed by atoms with E-state index in [2.05, 4.69) is 81.9 Å². The molecule has 64 heavy (non-hydrogen) atoms. The van der Waals surface area contributed by atoms with E-state index >= 15 is 0 Å². The van der Waals surface area contributed by atoms with Gasteiger partial charge in [-0.25, -0.2) is 4.79 Å². The third-order valence-corrected chi connectivity index (χ3v) is 18.3. The lowest BCUT2D eigenvalue weighted by atomic mass is 9.65. The zero-order valence-electron chi connectivity index (χ0n) is 38.8. The van der Waals surface area contributed by atoms with Crippen LogP contribution in [-0.4, -0.2) is 113 Å². The summed E-state index contributed by atoms with van der Waals surface area (Å²) < 4.78 is 30.2. The summed E-state index contributed by atoms with van der Waals surface area (Å²) in [6.45, 7) is 18.4. The molecule has 0 radical (unpaired) electrons. The van der Waals surface area contributed by atoms with E-state index in [-0.39, 0.29) is 77.0 Å². The number of cyclic esters (lactones) is 1. The molecule has 352 valence electrons. The maximum absolute atomic E-state index is 13.3. The molecule has 1 aromatic carbocycles. The molecular weight excluding hydrogens is 837 g/mol. The Kier molecular flexibility index (Phi) is 16.7. The van der Waals surface area contributed by atoms with Crippen LogP contribution in [0.25, 0.3) is 0 Å². The standard InChI is InChI=1S/C48H70N4O11Si/c1-30-26-32-15-14-31(2)35(17-16-33-28-34(29-41(54)61-33)63-64(6,7)48(3,4)5)42(32)39(27-30)62-47(58)50-21-10-23-60-25-11-24-59-22-9-20-49-37-13-8-12-36-43(37)46(57)52(45(36)56)38-18-19-40(53)51-44(38)55/h8,12-15,26,30-31,33-35,38-39,42,49H,9-11,16-25,27-29H2,1-7H3,(H,50,58)(H,51,53,55)/t30-,31-,33+,34+,35-,38?,39-,42-/m0/s1. The van der Waals surface area contributed by atoms with Crippen LogP contribution in [0.15, 0.2) is 42.0 Å². The van der Waals surface area contributed by atoms with Crippen molar-refractivity contribution >= 4 is 49.7 Å². The number of rotatable bonds is 20. The summed E-state index contributed by atoms with van der Waals surface area (Å²) in [6.07, 6.45) is 11.4. The van der Waals surface area contributed by atoms with Crippen molar-refractivity contribution in [1.29, 1.82) is 0 Å². The second-order valence-corrected chi connectivity index (χ2v) is 24.4. The fourth-order valence-corrected chi connectivity index (χ4v) is 10.7. The first kappa shape index (κ1) is 49.1. The van der Waals surface area contributed by atoms with Gasteiger partial charge in [-0.05, 0) is 98.5 Å². The molecule has 16 heteroatoms. The number of alkyl carbamates (subject to hydrolysis) is 1. The van der Waals surface area contributed by atoms with Gasteiger partial charge in [0.05, 0.1) is 23.7 Å². The molecule has 3 N–H and O–H groups in total. The second-order valence-electron chi connectivity index (χ2n) is 19.7. The molecule has 6 rings (SSSR count). The molecule has 3 heterocycles. The minimum atomic E-state index is -2.03. The van der Waals surface area contributed by atoms with Gasteiger partial charge in [-0.15, -0.1) is 0 Å². The summed E-state index contributed by atoms with van der Waals surface area (Å²) in [5.74, 6) is -1.44. The maximum Gasteiger partial charge on any atom is 0.407 e. The van der Waals surface area contributed by atoms with Crippen molar-refractivity contribution in [3.05, 3.63) is 53.1 Å².